The van der Waals surface area contributed by atoms with E-state index in [1.807, 2.05) is 0 Å². The van der Waals surface area contributed by atoms with Crippen molar-refractivity contribution in [3.63, 3.8) is 0 Å². The number of anilines is 1. The topological polar surface area (TPSA) is 15.3 Å². The van der Waals surface area contributed by atoms with Gasteiger partial charge >= 0.3 is 0 Å². The van der Waals surface area contributed by atoms with Crippen molar-refractivity contribution in [3.05, 3.63) is 65.7 Å². The minimum Gasteiger partial charge on any atom is -0.365 e. The Labute approximate surface area is 115 Å². The number of nitrogens with one attached hydrogen (secondary N) is 1. The van der Waals surface area contributed by atoms with Crippen molar-refractivity contribution >= 4 is 5.69 Å². The molecule has 0 amide bonds. The summed E-state index contributed by atoms with van der Waals surface area (Å²) in [6.45, 7) is 5.24. The van der Waals surface area contributed by atoms with E-state index in [0.717, 1.165) is 19.6 Å². The van der Waals surface area contributed by atoms with Crippen molar-refractivity contribution in [1.29, 1.82) is 0 Å². The van der Waals surface area contributed by atoms with Gasteiger partial charge in [0.25, 0.3) is 0 Å². The third-order valence-electron chi connectivity index (χ3n) is 3.68. The number of hydrogen-bond donors (Lipinski definition) is 1. The third kappa shape index (κ3) is 2.79. The van der Waals surface area contributed by atoms with Crippen LogP contribution in [0, 0.1) is 0 Å². The smallest absolute Gasteiger partial charge is 0.0430 e. The first-order chi connectivity index (χ1) is 9.33. The molecule has 0 fully saturated rings. The van der Waals surface area contributed by atoms with Crippen molar-refractivity contribution < 1.29 is 0 Å². The molecule has 0 aromatic heterocycles. The molecule has 3 rings (SSSR count). The van der Waals surface area contributed by atoms with Crippen LogP contribution in [0.2, 0.25) is 0 Å². The Morgan fingerprint density at radius 2 is 1.79 bits per heavy atom. The van der Waals surface area contributed by atoms with E-state index in [9.17, 15) is 0 Å². The Hall–Kier alpha value is -1.80. The van der Waals surface area contributed by atoms with Crippen molar-refractivity contribution in [2.75, 3.05) is 11.4 Å². The van der Waals surface area contributed by atoms with Crippen LogP contribution in [0.5, 0.6) is 0 Å². The third-order valence-corrected chi connectivity index (χ3v) is 3.68. The van der Waals surface area contributed by atoms with Crippen LogP contribution in [0.15, 0.2) is 54.6 Å². The molecule has 1 aliphatic rings. The molecule has 19 heavy (non-hydrogen) atoms. The van der Waals surface area contributed by atoms with Crippen molar-refractivity contribution in [3.8, 4) is 0 Å². The van der Waals surface area contributed by atoms with Crippen LogP contribution in [0.3, 0.4) is 0 Å². The van der Waals surface area contributed by atoms with Gasteiger partial charge in [0.15, 0.2) is 0 Å². The molecular weight excluding hydrogens is 232 g/mol. The maximum atomic E-state index is 3.57. The van der Waals surface area contributed by atoms with E-state index in [-0.39, 0.29) is 0 Å². The monoisotopic (exact) mass is 252 g/mol. The van der Waals surface area contributed by atoms with Crippen LogP contribution < -0.4 is 10.2 Å². The lowest BCUT2D eigenvalue weighted by atomic mass is 10.1. The number of rotatable bonds is 2. The predicted molar refractivity (Wildman–Crippen MR) is 80.2 cm³/mol. The molecule has 0 aliphatic carbocycles. The summed E-state index contributed by atoms with van der Waals surface area (Å²) in [5.74, 6) is 0. The lowest BCUT2D eigenvalue weighted by Gasteiger charge is -2.26. The van der Waals surface area contributed by atoms with E-state index in [2.05, 4.69) is 71.7 Å². The van der Waals surface area contributed by atoms with Crippen molar-refractivity contribution in [1.82, 2.24) is 5.32 Å². The van der Waals surface area contributed by atoms with Gasteiger partial charge in [0.2, 0.25) is 0 Å². The fourth-order valence-corrected chi connectivity index (χ4v) is 2.70. The number of benzene rings is 2. The lowest BCUT2D eigenvalue weighted by molar-refractivity contribution is 0.552. The summed E-state index contributed by atoms with van der Waals surface area (Å²) in [5, 5.41) is 3.57. The lowest BCUT2D eigenvalue weighted by Crippen LogP contribution is -2.35. The summed E-state index contributed by atoms with van der Waals surface area (Å²) in [7, 11) is 0. The fourth-order valence-electron chi connectivity index (χ4n) is 2.70. The molecule has 2 nitrogen and oxygen atoms in total. The molecule has 1 heterocycles. The van der Waals surface area contributed by atoms with E-state index in [4.69, 9.17) is 0 Å². The Morgan fingerprint density at radius 1 is 1.05 bits per heavy atom. The van der Waals surface area contributed by atoms with Gasteiger partial charge < -0.3 is 10.2 Å². The molecule has 0 spiro atoms. The van der Waals surface area contributed by atoms with Crippen molar-refractivity contribution in [2.24, 2.45) is 0 Å². The summed E-state index contributed by atoms with van der Waals surface area (Å²) >= 11 is 0. The van der Waals surface area contributed by atoms with Gasteiger partial charge in [0.05, 0.1) is 0 Å². The van der Waals surface area contributed by atoms with Gasteiger partial charge in [0.1, 0.15) is 0 Å². The average molecular weight is 252 g/mol. The number of fused-ring (bicyclic) bond motifs is 1. The quantitative estimate of drug-likeness (QED) is 0.883. The van der Waals surface area contributed by atoms with Gasteiger partial charge in [0, 0.05) is 31.4 Å². The molecule has 0 bridgehead atoms. The SMILES string of the molecule is C[C@@H]1CN(Cc2ccccc2)c2ccccc2CN1. The highest BCUT2D eigenvalue weighted by atomic mass is 15.2. The van der Waals surface area contributed by atoms with Gasteiger partial charge in [-0.05, 0) is 24.1 Å². The zero-order valence-electron chi connectivity index (χ0n) is 11.3. The first-order valence-corrected chi connectivity index (χ1v) is 6.93. The number of para-hydroxylation sites is 1. The van der Waals surface area contributed by atoms with E-state index in [1.54, 1.807) is 0 Å². The van der Waals surface area contributed by atoms with Crippen LogP contribution in [0.25, 0.3) is 0 Å². The molecule has 0 saturated heterocycles. The predicted octanol–water partition coefficient (Wildman–Crippen LogP) is 3.18. The molecule has 1 N–H and O–H groups in total. The molecule has 0 unspecified atom stereocenters. The average Bonchev–Trinajstić information content (AvgIpc) is 2.60. The van der Waals surface area contributed by atoms with E-state index in [0.29, 0.717) is 6.04 Å². The standard InChI is InChI=1S/C17H20N2/c1-14-12-19(13-15-7-3-2-4-8-15)17-10-6-5-9-16(17)11-18-14/h2-10,14,18H,11-13H2,1H3/t14-/m1/s1. The van der Waals surface area contributed by atoms with Crippen LogP contribution in [-0.2, 0) is 13.1 Å². The minimum absolute atomic E-state index is 0.510. The zero-order valence-corrected chi connectivity index (χ0v) is 11.3. The number of nitrogens with zero attached hydrogens (tertiary/aromatic N) is 1. The zero-order chi connectivity index (χ0) is 13.1. The van der Waals surface area contributed by atoms with Crippen LogP contribution in [-0.4, -0.2) is 12.6 Å². The Morgan fingerprint density at radius 3 is 2.63 bits per heavy atom. The summed E-state index contributed by atoms with van der Waals surface area (Å²) in [4.78, 5) is 2.48. The maximum absolute atomic E-state index is 3.57. The van der Waals surface area contributed by atoms with Crippen LogP contribution in [0.4, 0.5) is 5.69 Å². The van der Waals surface area contributed by atoms with E-state index < -0.39 is 0 Å². The summed E-state index contributed by atoms with van der Waals surface area (Å²) in [6, 6.07) is 19.9. The molecule has 2 aromatic rings. The van der Waals surface area contributed by atoms with Crippen LogP contribution >= 0.6 is 0 Å². The summed E-state index contributed by atoms with van der Waals surface area (Å²) in [6.07, 6.45) is 0. The number of hydrogen-bond acceptors (Lipinski definition) is 2. The molecule has 2 heteroatoms. The molecular formula is C17H20N2. The molecule has 1 atom stereocenters. The van der Waals surface area contributed by atoms with E-state index >= 15 is 0 Å². The Balaban J connectivity index is 1.90. The highest BCUT2D eigenvalue weighted by molar-refractivity contribution is 5.55. The Bertz CT molecular complexity index is 536. The van der Waals surface area contributed by atoms with Gasteiger partial charge in [-0.2, -0.15) is 0 Å². The second-order valence-corrected chi connectivity index (χ2v) is 5.28. The van der Waals surface area contributed by atoms with Gasteiger partial charge in [-0.3, -0.25) is 0 Å². The van der Waals surface area contributed by atoms with Crippen molar-refractivity contribution in [2.45, 2.75) is 26.1 Å². The highest BCUT2D eigenvalue weighted by Gasteiger charge is 2.18. The first kappa shape index (κ1) is 12.2. The first-order valence-electron chi connectivity index (χ1n) is 6.93. The summed E-state index contributed by atoms with van der Waals surface area (Å²) in [5.41, 5.74) is 4.12. The molecule has 2 aromatic carbocycles. The van der Waals surface area contributed by atoms with Crippen LogP contribution in [0.1, 0.15) is 18.1 Å². The Kier molecular flexibility index (Phi) is 3.51. The second kappa shape index (κ2) is 5.45. The van der Waals surface area contributed by atoms with E-state index in [1.165, 1.54) is 16.8 Å². The molecule has 0 radical (unpaired) electrons. The van der Waals surface area contributed by atoms with Gasteiger partial charge in [-0.1, -0.05) is 48.5 Å². The second-order valence-electron chi connectivity index (χ2n) is 5.28. The highest BCUT2D eigenvalue weighted by Crippen LogP contribution is 2.24. The van der Waals surface area contributed by atoms with Gasteiger partial charge in [-0.15, -0.1) is 0 Å². The molecule has 1 aliphatic heterocycles. The molecule has 98 valence electrons. The maximum Gasteiger partial charge on any atom is 0.0430 e. The summed E-state index contributed by atoms with van der Waals surface area (Å²) < 4.78 is 0. The molecule has 0 saturated carbocycles. The van der Waals surface area contributed by atoms with Gasteiger partial charge in [-0.25, -0.2) is 0 Å². The fraction of sp³-hybridized carbons (Fsp3) is 0.294. The minimum atomic E-state index is 0.510. The normalized spacial score (nSPS) is 18.8. The largest absolute Gasteiger partial charge is 0.365 e.